The second-order valence-corrected chi connectivity index (χ2v) is 3.13. The van der Waals surface area contributed by atoms with Crippen LogP contribution in [0.2, 0.25) is 0 Å². The molecule has 0 saturated heterocycles. The van der Waals surface area contributed by atoms with Gasteiger partial charge in [-0.3, -0.25) is 0 Å². The van der Waals surface area contributed by atoms with Gasteiger partial charge in [0.25, 0.3) is 0 Å². The van der Waals surface area contributed by atoms with Gasteiger partial charge in [-0.15, -0.1) is 0 Å². The Kier molecular flexibility index (Phi) is 0.718. The summed E-state index contributed by atoms with van der Waals surface area (Å²) in [5.74, 6) is 0.459. The number of hydrogen-bond acceptors (Lipinski definition) is 2. The highest BCUT2D eigenvalue weighted by molar-refractivity contribution is 5.70. The minimum absolute atomic E-state index is 0.198. The van der Waals surface area contributed by atoms with Crippen molar-refractivity contribution in [2.75, 3.05) is 0 Å². The van der Waals surface area contributed by atoms with Gasteiger partial charge in [0.15, 0.2) is 0 Å². The SMILES string of the molecule is O=C[C@H]1CC12C[C@@H]2C=O. The molecule has 2 heteroatoms. The molecule has 0 amide bonds. The summed E-state index contributed by atoms with van der Waals surface area (Å²) in [5.41, 5.74) is 0.198. The first-order valence-electron chi connectivity index (χ1n) is 3.24. The fourth-order valence-electron chi connectivity index (χ4n) is 1.73. The molecule has 1 spiro atoms. The maximum atomic E-state index is 10.2. The molecule has 48 valence electrons. The molecule has 2 rings (SSSR count). The fraction of sp³-hybridized carbons (Fsp3) is 0.714. The lowest BCUT2D eigenvalue weighted by Gasteiger charge is -1.78. The van der Waals surface area contributed by atoms with E-state index >= 15 is 0 Å². The van der Waals surface area contributed by atoms with Gasteiger partial charge in [-0.2, -0.15) is 0 Å². The third-order valence-electron chi connectivity index (χ3n) is 2.69. The van der Waals surface area contributed by atoms with Gasteiger partial charge in [-0.25, -0.2) is 0 Å². The number of carbonyl (C=O) groups is 2. The van der Waals surface area contributed by atoms with Gasteiger partial charge in [0.2, 0.25) is 0 Å². The predicted octanol–water partition coefficient (Wildman–Crippen LogP) is 0.410. The monoisotopic (exact) mass is 124 g/mol. The lowest BCUT2D eigenvalue weighted by atomic mass is 10.3. The number of aldehydes is 2. The smallest absolute Gasteiger partial charge is 0.123 e. The van der Waals surface area contributed by atoms with E-state index in [4.69, 9.17) is 0 Å². The van der Waals surface area contributed by atoms with E-state index in [1.54, 1.807) is 0 Å². The molecule has 2 saturated carbocycles. The van der Waals surface area contributed by atoms with Gasteiger partial charge in [0.1, 0.15) is 12.6 Å². The molecule has 0 aliphatic heterocycles. The summed E-state index contributed by atoms with van der Waals surface area (Å²) in [7, 11) is 0. The zero-order valence-electron chi connectivity index (χ0n) is 5.04. The highest BCUT2D eigenvalue weighted by Gasteiger charge is 2.70. The maximum absolute atomic E-state index is 10.2. The van der Waals surface area contributed by atoms with E-state index in [2.05, 4.69) is 0 Å². The summed E-state index contributed by atoms with van der Waals surface area (Å²) < 4.78 is 0. The summed E-state index contributed by atoms with van der Waals surface area (Å²) in [4.78, 5) is 20.3. The van der Waals surface area contributed by atoms with Gasteiger partial charge < -0.3 is 9.59 Å². The van der Waals surface area contributed by atoms with E-state index in [1.165, 1.54) is 0 Å². The standard InChI is InChI=1S/C7H8O2/c8-3-5-1-7(5)2-6(7)4-9/h3-6H,1-2H2/t5-,6-,7?/m1/s1. The first-order valence-corrected chi connectivity index (χ1v) is 3.24. The second-order valence-electron chi connectivity index (χ2n) is 3.13. The van der Waals surface area contributed by atoms with Crippen LogP contribution in [0.15, 0.2) is 0 Å². The van der Waals surface area contributed by atoms with Crippen molar-refractivity contribution >= 4 is 12.6 Å². The van der Waals surface area contributed by atoms with Crippen LogP contribution in [0.25, 0.3) is 0 Å². The number of hydrogen-bond donors (Lipinski definition) is 0. The molecule has 9 heavy (non-hydrogen) atoms. The van der Waals surface area contributed by atoms with Crippen molar-refractivity contribution in [2.45, 2.75) is 12.8 Å². The highest BCUT2D eigenvalue weighted by atomic mass is 16.1. The van der Waals surface area contributed by atoms with E-state index in [0.717, 1.165) is 25.4 Å². The van der Waals surface area contributed by atoms with Gasteiger partial charge in [0.05, 0.1) is 0 Å². The molecule has 2 nitrogen and oxygen atoms in total. The van der Waals surface area contributed by atoms with E-state index in [0.29, 0.717) is 0 Å². The van der Waals surface area contributed by atoms with Crippen LogP contribution in [0.3, 0.4) is 0 Å². The average Bonchev–Trinajstić information content (AvgIpc) is 2.74. The van der Waals surface area contributed by atoms with E-state index in [9.17, 15) is 9.59 Å². The molecule has 0 aromatic carbocycles. The quantitative estimate of drug-likeness (QED) is 0.499. The highest BCUT2D eigenvalue weighted by Crippen LogP contribution is 2.72. The van der Waals surface area contributed by atoms with Gasteiger partial charge in [0, 0.05) is 11.8 Å². The topological polar surface area (TPSA) is 34.1 Å². The molecule has 0 aromatic rings. The first-order chi connectivity index (χ1) is 4.33. The minimum atomic E-state index is 0.198. The van der Waals surface area contributed by atoms with Crippen LogP contribution in [-0.2, 0) is 9.59 Å². The Balaban J connectivity index is 2.04. The van der Waals surface area contributed by atoms with Crippen molar-refractivity contribution in [3.05, 3.63) is 0 Å². The van der Waals surface area contributed by atoms with Crippen molar-refractivity contribution in [2.24, 2.45) is 17.3 Å². The van der Waals surface area contributed by atoms with Crippen LogP contribution in [0, 0.1) is 17.3 Å². The summed E-state index contributed by atoms with van der Waals surface area (Å²) in [6, 6.07) is 0. The molecular formula is C7H8O2. The molecule has 0 aromatic heterocycles. The van der Waals surface area contributed by atoms with E-state index in [-0.39, 0.29) is 17.3 Å². The van der Waals surface area contributed by atoms with Crippen molar-refractivity contribution in [3.63, 3.8) is 0 Å². The fourth-order valence-corrected chi connectivity index (χ4v) is 1.73. The summed E-state index contributed by atoms with van der Waals surface area (Å²) in [5, 5.41) is 0. The van der Waals surface area contributed by atoms with E-state index < -0.39 is 0 Å². The Morgan fingerprint density at radius 1 is 1.11 bits per heavy atom. The third-order valence-corrected chi connectivity index (χ3v) is 2.69. The molecular weight excluding hydrogens is 116 g/mol. The molecule has 2 aliphatic carbocycles. The molecule has 2 aliphatic rings. The van der Waals surface area contributed by atoms with Gasteiger partial charge in [-0.05, 0) is 18.3 Å². The zero-order valence-corrected chi connectivity index (χ0v) is 5.04. The van der Waals surface area contributed by atoms with Crippen LogP contribution in [0.5, 0.6) is 0 Å². The molecule has 0 radical (unpaired) electrons. The van der Waals surface area contributed by atoms with Crippen molar-refractivity contribution < 1.29 is 9.59 Å². The average molecular weight is 124 g/mol. The lowest BCUT2D eigenvalue weighted by Crippen LogP contribution is -1.86. The van der Waals surface area contributed by atoms with Crippen molar-refractivity contribution in [3.8, 4) is 0 Å². The van der Waals surface area contributed by atoms with Gasteiger partial charge in [-0.1, -0.05) is 0 Å². The Bertz CT molecular complexity index is 154. The van der Waals surface area contributed by atoms with E-state index in [1.807, 2.05) is 0 Å². The van der Waals surface area contributed by atoms with Crippen LogP contribution in [0.1, 0.15) is 12.8 Å². The van der Waals surface area contributed by atoms with Gasteiger partial charge >= 0.3 is 0 Å². The molecule has 0 N–H and O–H groups in total. The predicted molar refractivity (Wildman–Crippen MR) is 30.8 cm³/mol. The van der Waals surface area contributed by atoms with Crippen LogP contribution < -0.4 is 0 Å². The Hall–Kier alpha value is -0.660. The molecule has 0 bridgehead atoms. The molecule has 2 atom stereocenters. The number of rotatable bonds is 2. The largest absolute Gasteiger partial charge is 0.303 e. The minimum Gasteiger partial charge on any atom is -0.303 e. The normalized spacial score (nSPS) is 42.2. The second kappa shape index (κ2) is 1.25. The Morgan fingerprint density at radius 3 is 1.78 bits per heavy atom. The van der Waals surface area contributed by atoms with Crippen molar-refractivity contribution in [1.29, 1.82) is 0 Å². The zero-order chi connectivity index (χ0) is 6.48. The summed E-state index contributed by atoms with van der Waals surface area (Å²) in [6.45, 7) is 0. The third kappa shape index (κ3) is 0.460. The maximum Gasteiger partial charge on any atom is 0.123 e. The lowest BCUT2D eigenvalue weighted by molar-refractivity contribution is -0.109. The number of carbonyl (C=O) groups excluding carboxylic acids is 2. The first kappa shape index (κ1) is 5.15. The summed E-state index contributed by atoms with van der Waals surface area (Å²) in [6.07, 6.45) is 3.92. The van der Waals surface area contributed by atoms with Crippen LogP contribution in [0.4, 0.5) is 0 Å². The molecule has 0 heterocycles. The Labute approximate surface area is 53.2 Å². The molecule has 0 unspecified atom stereocenters. The van der Waals surface area contributed by atoms with Crippen LogP contribution in [-0.4, -0.2) is 12.6 Å². The van der Waals surface area contributed by atoms with Crippen molar-refractivity contribution in [1.82, 2.24) is 0 Å². The van der Waals surface area contributed by atoms with Crippen LogP contribution >= 0.6 is 0 Å². The molecule has 2 fully saturated rings. The Morgan fingerprint density at radius 2 is 1.56 bits per heavy atom. The summed E-state index contributed by atoms with van der Waals surface area (Å²) >= 11 is 0.